The number of imidazole rings is 1. The fourth-order valence-electron chi connectivity index (χ4n) is 2.83. The molecule has 0 unspecified atom stereocenters. The van der Waals surface area contributed by atoms with Crippen LogP contribution >= 0.6 is 0 Å². The molecule has 0 bridgehead atoms. The minimum absolute atomic E-state index is 0.178. The number of H-pyrrole nitrogens is 1. The number of carbonyl (C=O) groups is 1. The van der Waals surface area contributed by atoms with Crippen molar-refractivity contribution >= 4 is 34.3 Å². The molecule has 0 spiro atoms. The van der Waals surface area contributed by atoms with Crippen LogP contribution in [0.15, 0.2) is 54.9 Å². The zero-order valence-electron chi connectivity index (χ0n) is 14.9. The fourth-order valence-corrected chi connectivity index (χ4v) is 2.83. The molecular formula is C20H18N6O. The summed E-state index contributed by atoms with van der Waals surface area (Å²) in [5.41, 5.74) is 5.62. The first-order valence-electron chi connectivity index (χ1n) is 8.51. The summed E-state index contributed by atoms with van der Waals surface area (Å²) in [5, 5.41) is 6.05. The number of hydrogen-bond donors (Lipinski definition) is 3. The zero-order chi connectivity index (χ0) is 18.8. The zero-order valence-corrected chi connectivity index (χ0v) is 14.9. The van der Waals surface area contributed by atoms with Gasteiger partial charge < -0.3 is 15.6 Å². The molecular weight excluding hydrogens is 340 g/mol. The predicted molar refractivity (Wildman–Crippen MR) is 105 cm³/mol. The van der Waals surface area contributed by atoms with E-state index < -0.39 is 0 Å². The molecule has 0 atom stereocenters. The van der Waals surface area contributed by atoms with Crippen LogP contribution in [0.3, 0.4) is 0 Å². The smallest absolute Gasteiger partial charge is 0.255 e. The number of benzene rings is 2. The number of aryl methyl sites for hydroxylation is 2. The molecule has 0 fully saturated rings. The molecule has 4 aromatic rings. The van der Waals surface area contributed by atoms with Gasteiger partial charge in [-0.25, -0.2) is 15.0 Å². The normalized spacial score (nSPS) is 10.7. The van der Waals surface area contributed by atoms with Gasteiger partial charge in [0.1, 0.15) is 0 Å². The third-order valence-electron chi connectivity index (χ3n) is 4.06. The minimum atomic E-state index is -0.178. The molecule has 27 heavy (non-hydrogen) atoms. The van der Waals surface area contributed by atoms with Crippen LogP contribution in [-0.2, 0) is 0 Å². The second kappa shape index (κ2) is 6.87. The van der Waals surface area contributed by atoms with Crippen LogP contribution < -0.4 is 10.6 Å². The van der Waals surface area contributed by atoms with E-state index in [2.05, 4.69) is 30.6 Å². The SMILES string of the molecule is Cc1cc(C)nc(Nc2ccc(C(=O)Nc3ccc4nc[nH]c4c3)cc2)n1. The largest absolute Gasteiger partial charge is 0.345 e. The molecule has 2 aromatic heterocycles. The van der Waals surface area contributed by atoms with Crippen molar-refractivity contribution in [3.63, 3.8) is 0 Å². The van der Waals surface area contributed by atoms with E-state index in [0.29, 0.717) is 17.2 Å². The van der Waals surface area contributed by atoms with Gasteiger partial charge >= 0.3 is 0 Å². The Balaban J connectivity index is 1.46. The third-order valence-corrected chi connectivity index (χ3v) is 4.06. The van der Waals surface area contributed by atoms with Crippen LogP contribution in [0.4, 0.5) is 17.3 Å². The summed E-state index contributed by atoms with van der Waals surface area (Å²) in [6.45, 7) is 3.85. The molecule has 4 rings (SSSR count). The Morgan fingerprint density at radius 1 is 0.926 bits per heavy atom. The summed E-state index contributed by atoms with van der Waals surface area (Å²) in [4.78, 5) is 28.4. The van der Waals surface area contributed by atoms with Crippen molar-refractivity contribution < 1.29 is 4.79 Å². The minimum Gasteiger partial charge on any atom is -0.345 e. The first-order chi connectivity index (χ1) is 13.1. The van der Waals surface area contributed by atoms with E-state index in [0.717, 1.165) is 28.1 Å². The number of carbonyl (C=O) groups excluding carboxylic acids is 1. The summed E-state index contributed by atoms with van der Waals surface area (Å²) < 4.78 is 0. The quantitative estimate of drug-likeness (QED) is 0.513. The first-order valence-corrected chi connectivity index (χ1v) is 8.51. The lowest BCUT2D eigenvalue weighted by atomic mass is 10.2. The highest BCUT2D eigenvalue weighted by atomic mass is 16.1. The Labute approximate surface area is 155 Å². The van der Waals surface area contributed by atoms with E-state index in [9.17, 15) is 4.79 Å². The van der Waals surface area contributed by atoms with Crippen molar-refractivity contribution in [3.05, 3.63) is 71.8 Å². The summed E-state index contributed by atoms with van der Waals surface area (Å²) in [5.74, 6) is 0.362. The van der Waals surface area contributed by atoms with Gasteiger partial charge in [0.2, 0.25) is 5.95 Å². The lowest BCUT2D eigenvalue weighted by Crippen LogP contribution is -2.11. The number of nitrogens with zero attached hydrogens (tertiary/aromatic N) is 3. The van der Waals surface area contributed by atoms with Gasteiger partial charge in [-0.2, -0.15) is 0 Å². The average molecular weight is 358 g/mol. The van der Waals surface area contributed by atoms with Crippen LogP contribution in [-0.4, -0.2) is 25.8 Å². The van der Waals surface area contributed by atoms with Gasteiger partial charge in [0.25, 0.3) is 5.91 Å². The summed E-state index contributed by atoms with van der Waals surface area (Å²) in [6, 6.07) is 14.6. The molecule has 3 N–H and O–H groups in total. The highest BCUT2D eigenvalue weighted by molar-refractivity contribution is 6.05. The number of aromatic amines is 1. The molecule has 134 valence electrons. The van der Waals surface area contributed by atoms with E-state index >= 15 is 0 Å². The Bertz CT molecular complexity index is 1100. The van der Waals surface area contributed by atoms with Gasteiger partial charge in [0, 0.05) is 28.3 Å². The van der Waals surface area contributed by atoms with Crippen molar-refractivity contribution in [2.75, 3.05) is 10.6 Å². The molecule has 0 aliphatic heterocycles. The highest BCUT2D eigenvalue weighted by Crippen LogP contribution is 2.18. The Hall–Kier alpha value is -3.74. The van der Waals surface area contributed by atoms with Crippen molar-refractivity contribution in [1.29, 1.82) is 0 Å². The van der Waals surface area contributed by atoms with Crippen LogP contribution in [0.2, 0.25) is 0 Å². The van der Waals surface area contributed by atoms with E-state index in [4.69, 9.17) is 0 Å². The van der Waals surface area contributed by atoms with Crippen LogP contribution in [0.5, 0.6) is 0 Å². The molecule has 2 aromatic carbocycles. The highest BCUT2D eigenvalue weighted by Gasteiger charge is 2.08. The molecule has 0 radical (unpaired) electrons. The standard InChI is InChI=1S/C20H18N6O/c1-12-9-13(2)24-20(23-12)26-15-5-3-14(4-6-15)19(27)25-16-7-8-17-18(10-16)22-11-21-17/h3-11H,1-2H3,(H,21,22)(H,25,27)(H,23,24,26). The van der Waals surface area contributed by atoms with E-state index in [1.54, 1.807) is 18.5 Å². The number of hydrogen-bond acceptors (Lipinski definition) is 5. The Kier molecular flexibility index (Phi) is 4.25. The number of rotatable bonds is 4. The molecule has 1 amide bonds. The summed E-state index contributed by atoms with van der Waals surface area (Å²) in [6.07, 6.45) is 1.63. The predicted octanol–water partition coefficient (Wildman–Crippen LogP) is 3.97. The molecule has 7 nitrogen and oxygen atoms in total. The van der Waals surface area contributed by atoms with Crippen LogP contribution in [0.25, 0.3) is 11.0 Å². The van der Waals surface area contributed by atoms with Crippen molar-refractivity contribution in [2.45, 2.75) is 13.8 Å². The average Bonchev–Trinajstić information content (AvgIpc) is 3.09. The molecule has 0 saturated carbocycles. The second-order valence-electron chi connectivity index (χ2n) is 6.27. The maximum absolute atomic E-state index is 12.5. The maximum atomic E-state index is 12.5. The fraction of sp³-hybridized carbons (Fsp3) is 0.100. The monoisotopic (exact) mass is 358 g/mol. The van der Waals surface area contributed by atoms with E-state index in [1.165, 1.54) is 0 Å². The lowest BCUT2D eigenvalue weighted by Gasteiger charge is -2.08. The number of nitrogens with one attached hydrogen (secondary N) is 3. The topological polar surface area (TPSA) is 95.6 Å². The Morgan fingerprint density at radius 2 is 1.63 bits per heavy atom. The van der Waals surface area contributed by atoms with Crippen molar-refractivity contribution in [1.82, 2.24) is 19.9 Å². The molecule has 0 saturated heterocycles. The number of fused-ring (bicyclic) bond motifs is 1. The third kappa shape index (κ3) is 3.77. The number of anilines is 3. The van der Waals surface area contributed by atoms with Crippen LogP contribution in [0.1, 0.15) is 21.7 Å². The molecule has 0 aliphatic carbocycles. The van der Waals surface area contributed by atoms with E-state index in [-0.39, 0.29) is 5.91 Å². The van der Waals surface area contributed by atoms with Gasteiger partial charge in [-0.3, -0.25) is 4.79 Å². The molecule has 0 aliphatic rings. The van der Waals surface area contributed by atoms with Crippen LogP contribution in [0, 0.1) is 13.8 Å². The Morgan fingerprint density at radius 3 is 2.37 bits per heavy atom. The maximum Gasteiger partial charge on any atom is 0.255 e. The van der Waals surface area contributed by atoms with Gasteiger partial charge in [-0.05, 0) is 62.4 Å². The van der Waals surface area contributed by atoms with Crippen molar-refractivity contribution in [2.24, 2.45) is 0 Å². The van der Waals surface area contributed by atoms with Gasteiger partial charge in [0.05, 0.1) is 17.4 Å². The molecule has 2 heterocycles. The first kappa shape index (κ1) is 16.7. The summed E-state index contributed by atoms with van der Waals surface area (Å²) in [7, 11) is 0. The lowest BCUT2D eigenvalue weighted by molar-refractivity contribution is 0.102. The van der Waals surface area contributed by atoms with Gasteiger partial charge in [-0.15, -0.1) is 0 Å². The van der Waals surface area contributed by atoms with Gasteiger partial charge in [-0.1, -0.05) is 0 Å². The molecule has 7 heteroatoms. The van der Waals surface area contributed by atoms with Crippen molar-refractivity contribution in [3.8, 4) is 0 Å². The van der Waals surface area contributed by atoms with E-state index in [1.807, 2.05) is 50.2 Å². The van der Waals surface area contributed by atoms with Gasteiger partial charge in [0.15, 0.2) is 0 Å². The number of amides is 1. The summed E-state index contributed by atoms with van der Waals surface area (Å²) >= 11 is 0. The second-order valence-corrected chi connectivity index (χ2v) is 6.27. The number of aromatic nitrogens is 4.